The number of carbonyl (C=O) groups excluding carboxylic acids is 1. The van der Waals surface area contributed by atoms with Crippen LogP contribution in [0.25, 0.3) is 11.3 Å². The van der Waals surface area contributed by atoms with Crippen molar-refractivity contribution in [3.05, 3.63) is 65.9 Å². The summed E-state index contributed by atoms with van der Waals surface area (Å²) in [5.41, 5.74) is 1.23. The highest BCUT2D eigenvalue weighted by molar-refractivity contribution is 6.00. The maximum Gasteiger partial charge on any atom is 0.394 e. The van der Waals surface area contributed by atoms with Gasteiger partial charge < -0.3 is 18.8 Å². The Balaban J connectivity index is 1.23. The third-order valence-corrected chi connectivity index (χ3v) is 7.75. The molecule has 0 radical (unpaired) electrons. The zero-order chi connectivity index (χ0) is 27.7. The first-order chi connectivity index (χ1) is 18.7. The van der Waals surface area contributed by atoms with Gasteiger partial charge in [-0.05, 0) is 69.7 Å². The molecule has 1 heterocycles. The van der Waals surface area contributed by atoms with Crippen molar-refractivity contribution in [1.29, 1.82) is 5.26 Å². The van der Waals surface area contributed by atoms with E-state index >= 15 is 0 Å². The summed E-state index contributed by atoms with van der Waals surface area (Å²) in [6.07, 6.45) is 3.36. The van der Waals surface area contributed by atoms with Crippen LogP contribution in [0.4, 0.5) is 10.1 Å². The molecule has 7 nitrogen and oxygen atoms in total. The standard InChI is InChI=1S/C31H34FN3O4/c1-4-38-28-34-16-26(39-28)23-7-5-8-25(15-23)35(27(36)30-18-31(32,19-30)20-30)13-6-14-37-17-22-9-11-24(12-10-22)29(2,3)21-33/h5,7-12,15-16H,4,6,13-14,17-20H2,1-3H3. The van der Waals surface area contributed by atoms with Gasteiger partial charge in [0.05, 0.1) is 36.3 Å². The van der Waals surface area contributed by atoms with E-state index in [1.807, 2.05) is 69.3 Å². The Morgan fingerprint density at radius 2 is 1.95 bits per heavy atom. The number of anilines is 1. The minimum Gasteiger partial charge on any atom is -0.450 e. The number of amides is 1. The van der Waals surface area contributed by atoms with E-state index in [-0.39, 0.29) is 12.0 Å². The van der Waals surface area contributed by atoms with Crippen molar-refractivity contribution >= 4 is 11.6 Å². The summed E-state index contributed by atoms with van der Waals surface area (Å²) in [5, 5.41) is 9.33. The van der Waals surface area contributed by atoms with Crippen molar-refractivity contribution in [2.24, 2.45) is 5.41 Å². The number of hydrogen-bond donors (Lipinski definition) is 0. The second-order valence-corrected chi connectivity index (χ2v) is 11.2. The molecule has 3 aliphatic rings. The first-order valence-electron chi connectivity index (χ1n) is 13.5. The van der Waals surface area contributed by atoms with Crippen LogP contribution >= 0.6 is 0 Å². The highest BCUT2D eigenvalue weighted by Gasteiger charge is 2.73. The number of ether oxygens (including phenoxy) is 2. The highest BCUT2D eigenvalue weighted by atomic mass is 19.1. The van der Waals surface area contributed by atoms with E-state index in [0.717, 1.165) is 22.4 Å². The molecule has 0 aliphatic heterocycles. The summed E-state index contributed by atoms with van der Waals surface area (Å²) in [4.78, 5) is 19.5. The van der Waals surface area contributed by atoms with E-state index < -0.39 is 16.5 Å². The third-order valence-electron chi connectivity index (χ3n) is 7.75. The number of nitrogens with zero attached hydrogens (tertiary/aromatic N) is 3. The van der Waals surface area contributed by atoms with E-state index in [2.05, 4.69) is 11.1 Å². The lowest BCUT2D eigenvalue weighted by atomic mass is 9.42. The molecule has 0 atom stereocenters. The number of aromatic nitrogens is 1. The van der Waals surface area contributed by atoms with Crippen LogP contribution in [-0.4, -0.2) is 36.3 Å². The van der Waals surface area contributed by atoms with E-state index in [0.29, 0.717) is 57.8 Å². The van der Waals surface area contributed by atoms with Crippen molar-refractivity contribution in [3.63, 3.8) is 0 Å². The fourth-order valence-corrected chi connectivity index (χ4v) is 5.53. The Hall–Kier alpha value is -3.70. The first kappa shape index (κ1) is 26.9. The van der Waals surface area contributed by atoms with Crippen LogP contribution in [0, 0.1) is 16.7 Å². The smallest absolute Gasteiger partial charge is 0.394 e. The molecule has 6 rings (SSSR count). The van der Waals surface area contributed by atoms with Gasteiger partial charge in [0.2, 0.25) is 5.91 Å². The fraction of sp³-hybridized carbons (Fsp3) is 0.452. The van der Waals surface area contributed by atoms with Crippen LogP contribution in [-0.2, 0) is 21.6 Å². The summed E-state index contributed by atoms with van der Waals surface area (Å²) in [6.45, 7) is 7.47. The predicted octanol–water partition coefficient (Wildman–Crippen LogP) is 6.37. The Bertz CT molecular complexity index is 1360. The van der Waals surface area contributed by atoms with Gasteiger partial charge in [-0.15, -0.1) is 0 Å². The van der Waals surface area contributed by atoms with E-state index in [1.54, 1.807) is 11.1 Å². The molecule has 3 aromatic rings. The molecule has 39 heavy (non-hydrogen) atoms. The maximum atomic E-state index is 14.3. The molecule has 1 amide bonds. The zero-order valence-corrected chi connectivity index (χ0v) is 22.7. The summed E-state index contributed by atoms with van der Waals surface area (Å²) in [6, 6.07) is 17.8. The Kier molecular flexibility index (Phi) is 7.21. The van der Waals surface area contributed by atoms with Crippen LogP contribution < -0.4 is 9.64 Å². The van der Waals surface area contributed by atoms with Crippen molar-refractivity contribution in [3.8, 4) is 23.5 Å². The Labute approximate surface area is 228 Å². The van der Waals surface area contributed by atoms with Gasteiger partial charge >= 0.3 is 6.08 Å². The van der Waals surface area contributed by atoms with Gasteiger partial charge in [0.25, 0.3) is 0 Å². The molecular weight excluding hydrogens is 497 g/mol. The van der Waals surface area contributed by atoms with Gasteiger partial charge in [-0.25, -0.2) is 4.39 Å². The van der Waals surface area contributed by atoms with E-state index in [4.69, 9.17) is 13.9 Å². The Morgan fingerprint density at radius 1 is 1.21 bits per heavy atom. The molecule has 0 saturated heterocycles. The SMILES string of the molecule is CCOc1ncc(-c2cccc(N(CCCOCc3ccc(C(C)(C)C#N)cc3)C(=O)C34CC(F)(C3)C4)c2)o1. The number of hydrogen-bond acceptors (Lipinski definition) is 6. The lowest BCUT2D eigenvalue weighted by Crippen LogP contribution is -2.70. The van der Waals surface area contributed by atoms with Gasteiger partial charge in [-0.3, -0.25) is 4.79 Å². The molecule has 2 aromatic carbocycles. The third kappa shape index (κ3) is 5.41. The number of benzene rings is 2. The normalized spacial score (nSPS) is 21.4. The average Bonchev–Trinajstić information content (AvgIpc) is 3.37. The van der Waals surface area contributed by atoms with Gasteiger partial charge in [0.1, 0.15) is 5.67 Å². The molecule has 0 N–H and O–H groups in total. The lowest BCUT2D eigenvalue weighted by Gasteiger charge is -2.65. The summed E-state index contributed by atoms with van der Waals surface area (Å²) >= 11 is 0. The number of rotatable bonds is 12. The van der Waals surface area contributed by atoms with Gasteiger partial charge in [-0.2, -0.15) is 10.2 Å². The number of nitriles is 1. The second-order valence-electron chi connectivity index (χ2n) is 11.2. The summed E-state index contributed by atoms with van der Waals surface area (Å²) < 4.78 is 31.2. The largest absolute Gasteiger partial charge is 0.450 e. The van der Waals surface area contributed by atoms with Crippen molar-refractivity contribution in [2.45, 2.75) is 64.1 Å². The molecule has 3 aliphatic carbocycles. The van der Waals surface area contributed by atoms with Crippen LogP contribution in [0.1, 0.15) is 57.6 Å². The molecule has 204 valence electrons. The van der Waals surface area contributed by atoms with Crippen molar-refractivity contribution < 1.29 is 23.1 Å². The monoisotopic (exact) mass is 531 g/mol. The number of halogens is 1. The number of carbonyl (C=O) groups is 1. The minimum absolute atomic E-state index is 0.0255. The fourth-order valence-electron chi connectivity index (χ4n) is 5.53. The van der Waals surface area contributed by atoms with Crippen LogP contribution in [0.5, 0.6) is 6.08 Å². The predicted molar refractivity (Wildman–Crippen MR) is 145 cm³/mol. The topological polar surface area (TPSA) is 88.6 Å². The van der Waals surface area contributed by atoms with Crippen LogP contribution in [0.15, 0.2) is 59.1 Å². The lowest BCUT2D eigenvalue weighted by molar-refractivity contribution is -0.211. The van der Waals surface area contributed by atoms with Gasteiger partial charge in [0.15, 0.2) is 5.76 Å². The molecule has 3 saturated carbocycles. The maximum absolute atomic E-state index is 14.3. The minimum atomic E-state index is -1.15. The van der Waals surface area contributed by atoms with Gasteiger partial charge in [0, 0.05) is 24.4 Å². The summed E-state index contributed by atoms with van der Waals surface area (Å²) in [7, 11) is 0. The van der Waals surface area contributed by atoms with Crippen molar-refractivity contribution in [1.82, 2.24) is 4.98 Å². The van der Waals surface area contributed by atoms with Crippen molar-refractivity contribution in [2.75, 3.05) is 24.7 Å². The Morgan fingerprint density at radius 3 is 2.62 bits per heavy atom. The number of alkyl halides is 1. The molecule has 0 spiro atoms. The zero-order valence-electron chi connectivity index (χ0n) is 22.7. The average molecular weight is 532 g/mol. The molecule has 8 heteroatoms. The number of oxazole rings is 1. The molecule has 1 aromatic heterocycles. The summed E-state index contributed by atoms with van der Waals surface area (Å²) in [5.74, 6) is 0.524. The molecular formula is C31H34FN3O4. The van der Waals surface area contributed by atoms with Crippen LogP contribution in [0.3, 0.4) is 0 Å². The second kappa shape index (κ2) is 10.5. The molecule has 3 fully saturated rings. The quantitative estimate of drug-likeness (QED) is 0.252. The van der Waals surface area contributed by atoms with Crippen LogP contribution in [0.2, 0.25) is 0 Å². The first-order valence-corrected chi connectivity index (χ1v) is 13.5. The van der Waals surface area contributed by atoms with E-state index in [1.165, 1.54) is 0 Å². The molecule has 0 unspecified atom stereocenters. The highest BCUT2D eigenvalue weighted by Crippen LogP contribution is 2.70. The molecule has 2 bridgehead atoms. The van der Waals surface area contributed by atoms with E-state index in [9.17, 15) is 14.4 Å². The van der Waals surface area contributed by atoms with Gasteiger partial charge in [-0.1, -0.05) is 36.4 Å².